The Balaban J connectivity index is 1.88. The minimum Gasteiger partial charge on any atom is -0.478 e. The third kappa shape index (κ3) is 3.94. The third-order valence-corrected chi connectivity index (χ3v) is 5.39. The zero-order valence-electron chi connectivity index (χ0n) is 15.4. The quantitative estimate of drug-likeness (QED) is 0.774. The Morgan fingerprint density at radius 1 is 1.16 bits per heavy atom. The van der Waals surface area contributed by atoms with Crippen molar-refractivity contribution in [3.05, 3.63) is 41.9 Å². The average Bonchev–Trinajstić information content (AvgIpc) is 3.04. The number of nitrogens with zero attached hydrogens (tertiary/aromatic N) is 1. The van der Waals surface area contributed by atoms with Gasteiger partial charge in [-0.05, 0) is 41.9 Å². The van der Waals surface area contributed by atoms with Crippen molar-refractivity contribution >= 4 is 5.97 Å². The molecule has 2 aromatic rings. The number of imidazole rings is 1. The van der Waals surface area contributed by atoms with Crippen molar-refractivity contribution < 1.29 is 9.90 Å². The second kappa shape index (κ2) is 7.03. The molecule has 0 radical (unpaired) electrons. The maximum Gasteiger partial charge on any atom is 0.335 e. The number of carboxylic acid groups (broad SMARTS) is 1. The van der Waals surface area contributed by atoms with E-state index in [0.29, 0.717) is 17.4 Å². The van der Waals surface area contributed by atoms with Crippen LogP contribution in [0.4, 0.5) is 0 Å². The van der Waals surface area contributed by atoms with Crippen LogP contribution in [0.2, 0.25) is 0 Å². The van der Waals surface area contributed by atoms with E-state index >= 15 is 0 Å². The summed E-state index contributed by atoms with van der Waals surface area (Å²) in [6.45, 7) is 6.91. The van der Waals surface area contributed by atoms with Crippen LogP contribution >= 0.6 is 0 Å². The van der Waals surface area contributed by atoms with E-state index in [2.05, 4.69) is 25.8 Å². The van der Waals surface area contributed by atoms with Gasteiger partial charge in [0.15, 0.2) is 0 Å². The Morgan fingerprint density at radius 3 is 2.36 bits per heavy atom. The van der Waals surface area contributed by atoms with E-state index in [1.165, 1.54) is 32.1 Å². The molecule has 1 fully saturated rings. The molecule has 0 aliphatic heterocycles. The van der Waals surface area contributed by atoms with E-state index in [1.54, 1.807) is 12.1 Å². The van der Waals surface area contributed by atoms with E-state index in [1.807, 2.05) is 18.3 Å². The molecule has 2 N–H and O–H groups in total. The summed E-state index contributed by atoms with van der Waals surface area (Å²) in [4.78, 5) is 19.3. The van der Waals surface area contributed by atoms with Crippen molar-refractivity contribution in [1.29, 1.82) is 0 Å². The first-order chi connectivity index (χ1) is 11.9. The number of hydrogen-bond donors (Lipinski definition) is 2. The predicted octanol–water partition coefficient (Wildman–Crippen LogP) is 5.48. The van der Waals surface area contributed by atoms with E-state index in [-0.39, 0.29) is 5.41 Å². The average molecular weight is 340 g/mol. The van der Waals surface area contributed by atoms with Gasteiger partial charge in [-0.25, -0.2) is 9.78 Å². The lowest BCUT2D eigenvalue weighted by atomic mass is 9.68. The highest BCUT2D eigenvalue weighted by molar-refractivity contribution is 5.88. The van der Waals surface area contributed by atoms with Crippen LogP contribution in [0.5, 0.6) is 0 Å². The van der Waals surface area contributed by atoms with Crippen LogP contribution in [-0.4, -0.2) is 21.0 Å². The number of benzene rings is 1. The number of carboxylic acids is 1. The first-order valence-electron chi connectivity index (χ1n) is 9.25. The van der Waals surface area contributed by atoms with Crippen LogP contribution in [-0.2, 0) is 0 Å². The van der Waals surface area contributed by atoms with Gasteiger partial charge < -0.3 is 10.1 Å². The molecule has 0 amide bonds. The molecular formula is C21H28N2O2. The highest BCUT2D eigenvalue weighted by Crippen LogP contribution is 2.45. The largest absolute Gasteiger partial charge is 0.478 e. The molecule has 1 atom stereocenters. The molecule has 0 saturated heterocycles. The number of carbonyl (C=O) groups is 1. The lowest BCUT2D eigenvalue weighted by molar-refractivity contribution is 0.0697. The first kappa shape index (κ1) is 17.7. The summed E-state index contributed by atoms with van der Waals surface area (Å²) >= 11 is 0. The van der Waals surface area contributed by atoms with Crippen LogP contribution in [0.15, 0.2) is 30.5 Å². The van der Waals surface area contributed by atoms with Gasteiger partial charge in [-0.15, -0.1) is 0 Å². The molecule has 134 valence electrons. The third-order valence-electron chi connectivity index (χ3n) is 5.39. The van der Waals surface area contributed by atoms with Gasteiger partial charge in [-0.1, -0.05) is 52.2 Å². The van der Waals surface area contributed by atoms with Crippen molar-refractivity contribution in [2.45, 2.75) is 58.8 Å². The monoisotopic (exact) mass is 340 g/mol. The molecular weight excluding hydrogens is 312 g/mol. The minimum absolute atomic E-state index is 0.157. The fourth-order valence-electron chi connectivity index (χ4n) is 4.24. The molecule has 0 bridgehead atoms. The second-order valence-corrected chi connectivity index (χ2v) is 8.31. The summed E-state index contributed by atoms with van der Waals surface area (Å²) < 4.78 is 0. The predicted molar refractivity (Wildman–Crippen MR) is 99.8 cm³/mol. The molecule has 1 aromatic carbocycles. The zero-order valence-corrected chi connectivity index (χ0v) is 15.4. The number of aromatic nitrogens is 2. The summed E-state index contributed by atoms with van der Waals surface area (Å²) in [5.74, 6) is 1.26. The van der Waals surface area contributed by atoms with Gasteiger partial charge in [-0.3, -0.25) is 0 Å². The molecule has 25 heavy (non-hydrogen) atoms. The first-order valence-corrected chi connectivity index (χ1v) is 9.25. The van der Waals surface area contributed by atoms with E-state index < -0.39 is 5.97 Å². The molecule has 1 heterocycles. The van der Waals surface area contributed by atoms with Gasteiger partial charge in [0.2, 0.25) is 0 Å². The SMILES string of the molecule is CC(C)(C)C(c1ncc(-c2ccc(C(=O)O)cc2)[nH]1)C1CCCCC1. The van der Waals surface area contributed by atoms with Crippen LogP contribution in [0.1, 0.15) is 75.0 Å². The summed E-state index contributed by atoms with van der Waals surface area (Å²) in [6, 6.07) is 6.96. The Kier molecular flexibility index (Phi) is 4.98. The van der Waals surface area contributed by atoms with E-state index in [0.717, 1.165) is 17.1 Å². The van der Waals surface area contributed by atoms with Gasteiger partial charge in [0.05, 0.1) is 17.5 Å². The molecule has 1 unspecified atom stereocenters. The smallest absolute Gasteiger partial charge is 0.335 e. The van der Waals surface area contributed by atoms with Crippen LogP contribution in [0.3, 0.4) is 0 Å². The molecule has 4 heteroatoms. The van der Waals surface area contributed by atoms with E-state index in [9.17, 15) is 4.79 Å². The lowest BCUT2D eigenvalue weighted by Crippen LogP contribution is -2.28. The van der Waals surface area contributed by atoms with Crippen molar-refractivity contribution in [3.8, 4) is 11.3 Å². The second-order valence-electron chi connectivity index (χ2n) is 8.31. The maximum absolute atomic E-state index is 11.0. The molecule has 1 aromatic heterocycles. The molecule has 1 aliphatic rings. The summed E-state index contributed by atoms with van der Waals surface area (Å²) in [7, 11) is 0. The maximum atomic E-state index is 11.0. The number of H-pyrrole nitrogens is 1. The van der Waals surface area contributed by atoms with Crippen molar-refractivity contribution in [3.63, 3.8) is 0 Å². The number of rotatable bonds is 4. The Labute approximate surface area is 149 Å². The molecule has 0 spiro atoms. The summed E-state index contributed by atoms with van der Waals surface area (Å²) in [5.41, 5.74) is 2.39. The number of aromatic carboxylic acids is 1. The fourth-order valence-corrected chi connectivity index (χ4v) is 4.24. The van der Waals surface area contributed by atoms with Gasteiger partial charge in [-0.2, -0.15) is 0 Å². The Morgan fingerprint density at radius 2 is 1.80 bits per heavy atom. The number of hydrogen-bond acceptors (Lipinski definition) is 2. The number of aromatic amines is 1. The van der Waals surface area contributed by atoms with Gasteiger partial charge >= 0.3 is 5.97 Å². The van der Waals surface area contributed by atoms with Crippen LogP contribution in [0, 0.1) is 11.3 Å². The lowest BCUT2D eigenvalue weighted by Gasteiger charge is -2.38. The van der Waals surface area contributed by atoms with Crippen molar-refractivity contribution in [2.24, 2.45) is 11.3 Å². The molecule has 1 aliphatic carbocycles. The van der Waals surface area contributed by atoms with Crippen molar-refractivity contribution in [1.82, 2.24) is 9.97 Å². The highest BCUT2D eigenvalue weighted by Gasteiger charge is 2.36. The van der Waals surface area contributed by atoms with Gasteiger partial charge in [0.25, 0.3) is 0 Å². The van der Waals surface area contributed by atoms with Crippen LogP contribution in [0.25, 0.3) is 11.3 Å². The van der Waals surface area contributed by atoms with Gasteiger partial charge in [0.1, 0.15) is 5.82 Å². The zero-order chi connectivity index (χ0) is 18.0. The topological polar surface area (TPSA) is 66.0 Å². The Bertz CT molecular complexity index is 719. The molecule has 4 nitrogen and oxygen atoms in total. The van der Waals surface area contributed by atoms with E-state index in [4.69, 9.17) is 10.1 Å². The minimum atomic E-state index is -0.901. The van der Waals surface area contributed by atoms with Crippen molar-refractivity contribution in [2.75, 3.05) is 0 Å². The van der Waals surface area contributed by atoms with Gasteiger partial charge in [0, 0.05) is 5.92 Å². The standard InChI is InChI=1S/C21H28N2O2/c1-21(2,3)18(15-7-5-4-6-8-15)19-22-13-17(23-19)14-9-11-16(12-10-14)20(24)25/h9-13,15,18H,4-8H2,1-3H3,(H,22,23)(H,24,25). The number of nitrogens with one attached hydrogen (secondary N) is 1. The van der Waals surface area contributed by atoms with Crippen LogP contribution < -0.4 is 0 Å². The highest BCUT2D eigenvalue weighted by atomic mass is 16.4. The molecule has 3 rings (SSSR count). The normalized spacial score (nSPS) is 17.4. The summed E-state index contributed by atoms with van der Waals surface area (Å²) in [5, 5.41) is 9.04. The fraction of sp³-hybridized carbons (Fsp3) is 0.524. The summed E-state index contributed by atoms with van der Waals surface area (Å²) in [6.07, 6.45) is 8.44. The Hall–Kier alpha value is -2.10. The molecule has 1 saturated carbocycles.